The Morgan fingerprint density at radius 2 is 2.00 bits per heavy atom. The highest BCUT2D eigenvalue weighted by atomic mass is 16.3. The first kappa shape index (κ1) is 13.8. The average Bonchev–Trinajstić information content (AvgIpc) is 3.06. The van der Waals surface area contributed by atoms with E-state index in [4.69, 9.17) is 4.42 Å². The molecule has 116 valence electrons. The number of rotatable bonds is 3. The van der Waals surface area contributed by atoms with Gasteiger partial charge in [-0.25, -0.2) is 4.98 Å². The minimum atomic E-state index is 0.580. The van der Waals surface area contributed by atoms with Crippen LogP contribution in [0.2, 0.25) is 0 Å². The second-order valence-electron chi connectivity index (χ2n) is 5.54. The van der Waals surface area contributed by atoms with Crippen molar-refractivity contribution in [2.24, 2.45) is 0 Å². The number of pyridine rings is 1. The molecule has 0 saturated carbocycles. The summed E-state index contributed by atoms with van der Waals surface area (Å²) >= 11 is 0. The second-order valence-corrected chi connectivity index (χ2v) is 5.54. The third-order valence-electron chi connectivity index (χ3n) is 4.11. The van der Waals surface area contributed by atoms with Crippen LogP contribution in [0, 0.1) is 0 Å². The zero-order valence-corrected chi connectivity index (χ0v) is 12.6. The van der Waals surface area contributed by atoms with Crippen LogP contribution >= 0.6 is 0 Å². The molecule has 0 N–H and O–H groups in total. The molecular weight excluding hydrogens is 292 g/mol. The molecule has 1 aliphatic rings. The summed E-state index contributed by atoms with van der Waals surface area (Å²) in [6, 6.07) is 9.81. The second kappa shape index (κ2) is 5.72. The molecule has 3 aromatic rings. The Bertz CT molecular complexity index is 823. The van der Waals surface area contributed by atoms with Crippen molar-refractivity contribution in [3.63, 3.8) is 0 Å². The minimum Gasteiger partial charge on any atom is -0.436 e. The SMILES string of the molecule is O=CN1CCN(c2ccc3oc(-c4cccnc4)nc3c2)CC1. The molecule has 2 aromatic heterocycles. The van der Waals surface area contributed by atoms with Crippen molar-refractivity contribution in [3.8, 4) is 11.5 Å². The van der Waals surface area contributed by atoms with E-state index in [2.05, 4.69) is 14.9 Å². The van der Waals surface area contributed by atoms with Crippen molar-refractivity contribution >= 4 is 23.2 Å². The molecule has 6 heteroatoms. The Kier molecular flexibility index (Phi) is 3.42. The molecule has 0 bridgehead atoms. The average molecular weight is 308 g/mol. The van der Waals surface area contributed by atoms with Gasteiger partial charge in [0.1, 0.15) is 5.52 Å². The maximum atomic E-state index is 10.8. The molecule has 1 amide bonds. The lowest BCUT2D eigenvalue weighted by Crippen LogP contribution is -2.45. The van der Waals surface area contributed by atoms with Crippen LogP contribution in [0.4, 0.5) is 5.69 Å². The number of hydrogen-bond donors (Lipinski definition) is 0. The largest absolute Gasteiger partial charge is 0.436 e. The van der Waals surface area contributed by atoms with Gasteiger partial charge in [0.2, 0.25) is 12.3 Å². The lowest BCUT2D eigenvalue weighted by atomic mass is 10.2. The van der Waals surface area contributed by atoms with E-state index < -0.39 is 0 Å². The molecule has 23 heavy (non-hydrogen) atoms. The number of oxazole rings is 1. The molecule has 1 fully saturated rings. The van der Waals surface area contributed by atoms with Crippen molar-refractivity contribution in [1.82, 2.24) is 14.9 Å². The molecule has 0 spiro atoms. The van der Waals surface area contributed by atoms with Gasteiger partial charge < -0.3 is 14.2 Å². The van der Waals surface area contributed by atoms with Crippen LogP contribution in [-0.4, -0.2) is 47.5 Å². The van der Waals surface area contributed by atoms with E-state index >= 15 is 0 Å². The number of piperazine rings is 1. The number of hydrogen-bond acceptors (Lipinski definition) is 5. The van der Waals surface area contributed by atoms with Gasteiger partial charge >= 0.3 is 0 Å². The van der Waals surface area contributed by atoms with Crippen LogP contribution in [0.25, 0.3) is 22.6 Å². The number of fused-ring (bicyclic) bond motifs is 1. The smallest absolute Gasteiger partial charge is 0.228 e. The number of carbonyl (C=O) groups is 1. The normalized spacial score (nSPS) is 15.1. The van der Waals surface area contributed by atoms with Gasteiger partial charge in [-0.3, -0.25) is 9.78 Å². The van der Waals surface area contributed by atoms with Gasteiger partial charge in [0.05, 0.1) is 5.56 Å². The number of benzene rings is 1. The number of aromatic nitrogens is 2. The Balaban J connectivity index is 1.62. The standard InChI is InChI=1S/C17H16N4O2/c22-12-20-6-8-21(9-7-20)14-3-4-16-15(10-14)19-17(23-16)13-2-1-5-18-11-13/h1-5,10-12H,6-9H2. The molecular formula is C17H16N4O2. The maximum absolute atomic E-state index is 10.8. The summed E-state index contributed by atoms with van der Waals surface area (Å²) in [4.78, 5) is 23.5. The fourth-order valence-corrected chi connectivity index (χ4v) is 2.81. The number of amides is 1. The van der Waals surface area contributed by atoms with Gasteiger partial charge in [-0.1, -0.05) is 0 Å². The molecule has 6 nitrogen and oxygen atoms in total. The first-order valence-electron chi connectivity index (χ1n) is 7.59. The highest BCUT2D eigenvalue weighted by Crippen LogP contribution is 2.27. The lowest BCUT2D eigenvalue weighted by Gasteiger charge is -2.34. The van der Waals surface area contributed by atoms with E-state index in [1.165, 1.54) is 0 Å². The van der Waals surface area contributed by atoms with E-state index in [1.807, 2.05) is 30.3 Å². The number of carbonyl (C=O) groups excluding carboxylic acids is 1. The summed E-state index contributed by atoms with van der Waals surface area (Å²) in [6.07, 6.45) is 4.38. The topological polar surface area (TPSA) is 62.5 Å². The lowest BCUT2D eigenvalue weighted by molar-refractivity contribution is -0.118. The van der Waals surface area contributed by atoms with Crippen LogP contribution in [0.3, 0.4) is 0 Å². The van der Waals surface area contributed by atoms with Gasteiger partial charge in [-0.15, -0.1) is 0 Å². The summed E-state index contributed by atoms with van der Waals surface area (Å²) in [7, 11) is 0. The van der Waals surface area contributed by atoms with E-state index in [0.717, 1.165) is 54.9 Å². The predicted molar refractivity (Wildman–Crippen MR) is 87.1 cm³/mol. The first-order chi connectivity index (χ1) is 11.3. The Labute approximate surface area is 133 Å². The molecule has 0 atom stereocenters. The fraction of sp³-hybridized carbons (Fsp3) is 0.235. The van der Waals surface area contributed by atoms with E-state index in [-0.39, 0.29) is 0 Å². The summed E-state index contributed by atoms with van der Waals surface area (Å²) < 4.78 is 5.81. The van der Waals surface area contributed by atoms with Gasteiger partial charge in [-0.2, -0.15) is 0 Å². The van der Waals surface area contributed by atoms with Crippen LogP contribution in [0.15, 0.2) is 47.1 Å². The highest BCUT2D eigenvalue weighted by molar-refractivity contribution is 5.80. The monoisotopic (exact) mass is 308 g/mol. The van der Waals surface area contributed by atoms with Gasteiger partial charge in [0.25, 0.3) is 0 Å². The fourth-order valence-electron chi connectivity index (χ4n) is 2.81. The van der Waals surface area contributed by atoms with Gasteiger partial charge in [-0.05, 0) is 30.3 Å². The van der Waals surface area contributed by atoms with Crippen molar-refractivity contribution in [3.05, 3.63) is 42.7 Å². The quantitative estimate of drug-likeness (QED) is 0.694. The zero-order chi connectivity index (χ0) is 15.6. The Morgan fingerprint density at radius 3 is 2.74 bits per heavy atom. The third-order valence-corrected chi connectivity index (χ3v) is 4.11. The molecule has 0 aliphatic carbocycles. The Morgan fingerprint density at radius 1 is 1.13 bits per heavy atom. The zero-order valence-electron chi connectivity index (χ0n) is 12.6. The molecule has 1 aromatic carbocycles. The van der Waals surface area contributed by atoms with Crippen LogP contribution in [0.5, 0.6) is 0 Å². The number of nitrogens with zero attached hydrogens (tertiary/aromatic N) is 4. The third kappa shape index (κ3) is 2.63. The molecule has 1 saturated heterocycles. The maximum Gasteiger partial charge on any atom is 0.228 e. The van der Waals surface area contributed by atoms with Crippen LogP contribution < -0.4 is 4.90 Å². The van der Waals surface area contributed by atoms with Crippen molar-refractivity contribution in [2.75, 3.05) is 31.1 Å². The molecule has 1 aliphatic heterocycles. The van der Waals surface area contributed by atoms with E-state index in [1.54, 1.807) is 17.3 Å². The molecule has 0 radical (unpaired) electrons. The summed E-state index contributed by atoms with van der Waals surface area (Å²) in [5.74, 6) is 0.580. The van der Waals surface area contributed by atoms with Gasteiger partial charge in [0.15, 0.2) is 5.58 Å². The van der Waals surface area contributed by atoms with E-state index in [0.29, 0.717) is 5.89 Å². The molecule has 3 heterocycles. The summed E-state index contributed by atoms with van der Waals surface area (Å²) in [6.45, 7) is 3.16. The molecule has 0 unspecified atom stereocenters. The van der Waals surface area contributed by atoms with Crippen LogP contribution in [-0.2, 0) is 4.79 Å². The summed E-state index contributed by atoms with van der Waals surface area (Å²) in [5, 5.41) is 0. The molecule has 4 rings (SSSR count). The Hall–Kier alpha value is -2.89. The van der Waals surface area contributed by atoms with Crippen LogP contribution in [0.1, 0.15) is 0 Å². The predicted octanol–water partition coefficient (Wildman–Crippen LogP) is 2.17. The highest BCUT2D eigenvalue weighted by Gasteiger charge is 2.17. The summed E-state index contributed by atoms with van der Waals surface area (Å²) in [5.41, 5.74) is 3.57. The van der Waals surface area contributed by atoms with E-state index in [9.17, 15) is 4.79 Å². The van der Waals surface area contributed by atoms with Crippen molar-refractivity contribution in [2.45, 2.75) is 0 Å². The van der Waals surface area contributed by atoms with Gasteiger partial charge in [0, 0.05) is 44.3 Å². The minimum absolute atomic E-state index is 0.580. The number of anilines is 1. The van der Waals surface area contributed by atoms with Crippen molar-refractivity contribution in [1.29, 1.82) is 0 Å². The first-order valence-corrected chi connectivity index (χ1v) is 7.59. The van der Waals surface area contributed by atoms with Crippen molar-refractivity contribution < 1.29 is 9.21 Å².